The number of hydrogen-bond donors (Lipinski definition) is 0. The molecule has 0 aliphatic rings. The van der Waals surface area contributed by atoms with Crippen LogP contribution in [0.2, 0.25) is 0 Å². The van der Waals surface area contributed by atoms with Crippen molar-refractivity contribution < 1.29 is 0 Å². The molecule has 0 fully saturated rings. The Labute approximate surface area is 56.9 Å². The molecule has 0 radical (unpaired) electrons. The molecule has 0 saturated carbocycles. The topological polar surface area (TPSA) is 15.6 Å². The normalized spacial score (nSPS) is 11.3. The fraction of sp³-hybridized carbons (Fsp3) is 0.571. The molecular weight excluding hydrogens is 112 g/mol. The molecule has 0 heterocycles. The minimum absolute atomic E-state index is 0.986. The molecule has 2 nitrogen and oxygen atoms in total. The maximum atomic E-state index is 4.13. The van der Waals surface area contributed by atoms with Crippen LogP contribution in [0, 0.1) is 0 Å². The van der Waals surface area contributed by atoms with Gasteiger partial charge >= 0.3 is 0 Å². The quantitative estimate of drug-likeness (QED) is 0.404. The second-order valence-electron chi connectivity index (χ2n) is 2.31. The fourth-order valence-electron chi connectivity index (χ4n) is 0.385. The van der Waals surface area contributed by atoms with Crippen molar-refractivity contribution in [2.24, 2.45) is 5.10 Å². The molecule has 0 bridgehead atoms. The first kappa shape index (κ1) is 8.21. The van der Waals surface area contributed by atoms with Gasteiger partial charge in [-0.05, 0) is 19.4 Å². The monoisotopic (exact) mass is 126 g/mol. The van der Waals surface area contributed by atoms with Crippen molar-refractivity contribution in [3.8, 4) is 0 Å². The van der Waals surface area contributed by atoms with Gasteiger partial charge in [-0.15, -0.1) is 0 Å². The van der Waals surface area contributed by atoms with Crippen LogP contribution in [0.15, 0.2) is 17.3 Å². The smallest absolute Gasteiger partial charge is 0.0597 e. The lowest BCUT2D eigenvalue weighted by atomic mass is 10.2. The van der Waals surface area contributed by atoms with E-state index in [1.54, 1.807) is 5.01 Å². The summed E-state index contributed by atoms with van der Waals surface area (Å²) in [6.07, 6.45) is 0. The number of nitrogens with zero attached hydrogens (tertiary/aromatic N) is 2. The first-order valence-corrected chi connectivity index (χ1v) is 2.92. The van der Waals surface area contributed by atoms with Crippen LogP contribution in [0.4, 0.5) is 0 Å². The van der Waals surface area contributed by atoms with E-state index >= 15 is 0 Å². The highest BCUT2D eigenvalue weighted by atomic mass is 15.4. The van der Waals surface area contributed by atoms with Crippen molar-refractivity contribution >= 4 is 5.71 Å². The van der Waals surface area contributed by atoms with Gasteiger partial charge in [0.05, 0.1) is 5.71 Å². The van der Waals surface area contributed by atoms with Gasteiger partial charge in [0.15, 0.2) is 0 Å². The van der Waals surface area contributed by atoms with Crippen LogP contribution in [0.25, 0.3) is 0 Å². The Bertz CT molecular complexity index is 134. The van der Waals surface area contributed by atoms with Gasteiger partial charge in [0.1, 0.15) is 0 Å². The molecule has 0 rings (SSSR count). The lowest BCUT2D eigenvalue weighted by molar-refractivity contribution is 0.437. The van der Waals surface area contributed by atoms with Crippen LogP contribution in [0.1, 0.15) is 13.8 Å². The largest absolute Gasteiger partial charge is 0.303 e. The van der Waals surface area contributed by atoms with E-state index in [0.29, 0.717) is 0 Å². The van der Waals surface area contributed by atoms with Gasteiger partial charge in [0.25, 0.3) is 0 Å². The lowest BCUT2D eigenvalue weighted by Gasteiger charge is -2.05. The number of rotatable bonds is 2. The molecule has 0 aromatic heterocycles. The molecule has 0 aliphatic carbocycles. The zero-order valence-electron chi connectivity index (χ0n) is 6.60. The molecule has 2 heteroatoms. The summed E-state index contributed by atoms with van der Waals surface area (Å²) in [6.45, 7) is 7.64. The van der Waals surface area contributed by atoms with Gasteiger partial charge in [-0.25, -0.2) is 0 Å². The molecule has 0 amide bonds. The van der Waals surface area contributed by atoms with Crippen molar-refractivity contribution in [2.75, 3.05) is 14.1 Å². The molecule has 0 spiro atoms. The summed E-state index contributed by atoms with van der Waals surface area (Å²) in [7, 11) is 3.79. The molecule has 0 atom stereocenters. The van der Waals surface area contributed by atoms with Gasteiger partial charge in [-0.3, -0.25) is 0 Å². The number of hydrogen-bond acceptors (Lipinski definition) is 2. The third-order valence-corrected chi connectivity index (χ3v) is 0.968. The molecule has 0 aromatic rings. The average molecular weight is 126 g/mol. The highest BCUT2D eigenvalue weighted by Gasteiger charge is 1.89. The molecule has 0 aliphatic heterocycles. The van der Waals surface area contributed by atoms with Crippen molar-refractivity contribution in [3.05, 3.63) is 12.2 Å². The standard InChI is InChI=1S/C7H14N2/c1-6(2)7(3)8-9(4)5/h1H2,2-5H3. The minimum atomic E-state index is 0.986. The summed E-state index contributed by atoms with van der Waals surface area (Å²) in [6, 6.07) is 0. The molecule has 0 aromatic carbocycles. The first-order valence-electron chi connectivity index (χ1n) is 2.92. The van der Waals surface area contributed by atoms with E-state index in [2.05, 4.69) is 11.7 Å². The van der Waals surface area contributed by atoms with E-state index in [4.69, 9.17) is 0 Å². The van der Waals surface area contributed by atoms with Crippen LogP contribution >= 0.6 is 0 Å². The Hall–Kier alpha value is -0.790. The Balaban J connectivity index is 4.00. The highest BCUT2D eigenvalue weighted by Crippen LogP contribution is 1.92. The zero-order chi connectivity index (χ0) is 7.44. The van der Waals surface area contributed by atoms with E-state index < -0.39 is 0 Å². The Morgan fingerprint density at radius 1 is 1.33 bits per heavy atom. The van der Waals surface area contributed by atoms with Crippen LogP contribution in [0.3, 0.4) is 0 Å². The Morgan fingerprint density at radius 3 is 1.89 bits per heavy atom. The van der Waals surface area contributed by atoms with E-state index in [-0.39, 0.29) is 0 Å². The minimum Gasteiger partial charge on any atom is -0.303 e. The van der Waals surface area contributed by atoms with E-state index in [0.717, 1.165) is 11.3 Å². The summed E-state index contributed by atoms with van der Waals surface area (Å²) in [4.78, 5) is 0. The van der Waals surface area contributed by atoms with Crippen molar-refractivity contribution in [3.63, 3.8) is 0 Å². The molecule has 52 valence electrons. The van der Waals surface area contributed by atoms with Crippen LogP contribution in [-0.2, 0) is 0 Å². The fourth-order valence-corrected chi connectivity index (χ4v) is 0.385. The van der Waals surface area contributed by atoms with Gasteiger partial charge in [-0.1, -0.05) is 6.58 Å². The highest BCUT2D eigenvalue weighted by molar-refractivity contribution is 5.96. The van der Waals surface area contributed by atoms with Crippen molar-refractivity contribution in [2.45, 2.75) is 13.8 Å². The van der Waals surface area contributed by atoms with Gasteiger partial charge in [-0.2, -0.15) is 5.10 Å². The summed E-state index contributed by atoms with van der Waals surface area (Å²) >= 11 is 0. The maximum Gasteiger partial charge on any atom is 0.0597 e. The van der Waals surface area contributed by atoms with Gasteiger partial charge in [0, 0.05) is 14.1 Å². The molecule has 0 N–H and O–H groups in total. The molecule has 9 heavy (non-hydrogen) atoms. The molecular formula is C7H14N2. The summed E-state index contributed by atoms with van der Waals surface area (Å²) < 4.78 is 0. The van der Waals surface area contributed by atoms with Crippen molar-refractivity contribution in [1.29, 1.82) is 0 Å². The predicted molar refractivity (Wildman–Crippen MR) is 41.6 cm³/mol. The van der Waals surface area contributed by atoms with Crippen molar-refractivity contribution in [1.82, 2.24) is 5.01 Å². The van der Waals surface area contributed by atoms with Gasteiger partial charge in [0.2, 0.25) is 0 Å². The van der Waals surface area contributed by atoms with Crippen LogP contribution in [0.5, 0.6) is 0 Å². The van der Waals surface area contributed by atoms with E-state index in [1.165, 1.54) is 0 Å². The summed E-state index contributed by atoms with van der Waals surface area (Å²) in [5.74, 6) is 0. The predicted octanol–water partition coefficient (Wildman–Crippen LogP) is 1.50. The number of allylic oxidation sites excluding steroid dienone is 1. The third-order valence-electron chi connectivity index (χ3n) is 0.968. The van der Waals surface area contributed by atoms with E-state index in [1.807, 2.05) is 27.9 Å². The third kappa shape index (κ3) is 3.76. The lowest BCUT2D eigenvalue weighted by Crippen LogP contribution is -2.06. The van der Waals surface area contributed by atoms with E-state index in [9.17, 15) is 0 Å². The zero-order valence-corrected chi connectivity index (χ0v) is 6.60. The van der Waals surface area contributed by atoms with Gasteiger partial charge < -0.3 is 5.01 Å². The Kier molecular flexibility index (Phi) is 2.99. The van der Waals surface area contributed by atoms with Crippen LogP contribution in [-0.4, -0.2) is 24.8 Å². The first-order chi connectivity index (χ1) is 4.04. The molecule has 0 saturated heterocycles. The maximum absolute atomic E-state index is 4.13. The van der Waals surface area contributed by atoms with Crippen LogP contribution < -0.4 is 0 Å². The second-order valence-corrected chi connectivity index (χ2v) is 2.31. The molecule has 0 unspecified atom stereocenters. The Morgan fingerprint density at radius 2 is 1.78 bits per heavy atom. The SMILES string of the molecule is C=C(C)C(C)=NN(C)C. The average Bonchev–Trinajstić information content (AvgIpc) is 1.63. The summed E-state index contributed by atoms with van der Waals surface area (Å²) in [5.41, 5.74) is 2.00. The number of hydrazone groups is 1. The second kappa shape index (κ2) is 3.28. The summed E-state index contributed by atoms with van der Waals surface area (Å²) in [5, 5.41) is 5.90.